The summed E-state index contributed by atoms with van der Waals surface area (Å²) in [4.78, 5) is 13.7. The monoisotopic (exact) mass is 182 g/mol. The Hall–Kier alpha value is -0.620. The molecule has 0 saturated heterocycles. The molecule has 2 nitrogen and oxygen atoms in total. The van der Waals surface area contributed by atoms with Gasteiger partial charge < -0.3 is 0 Å². The molecule has 1 radical (unpaired) electrons. The number of carbonyl (C=O) groups excluding carboxylic acids is 1. The van der Waals surface area contributed by atoms with Crippen molar-refractivity contribution < 1.29 is 4.79 Å². The van der Waals surface area contributed by atoms with E-state index in [9.17, 15) is 4.79 Å². The van der Waals surface area contributed by atoms with Gasteiger partial charge in [0.2, 0.25) is 6.08 Å². The van der Waals surface area contributed by atoms with E-state index in [1.807, 2.05) is 0 Å². The van der Waals surface area contributed by atoms with Crippen LogP contribution in [0.2, 0.25) is 0 Å². The third-order valence-electron chi connectivity index (χ3n) is 2.09. The molecule has 2 heteroatoms. The van der Waals surface area contributed by atoms with E-state index in [4.69, 9.17) is 0 Å². The zero-order chi connectivity index (χ0) is 10.5. The molecule has 0 aliphatic carbocycles. The van der Waals surface area contributed by atoms with Crippen molar-refractivity contribution in [3.63, 3.8) is 0 Å². The molecule has 0 amide bonds. The summed E-state index contributed by atoms with van der Waals surface area (Å²) in [5.41, 5.74) is 0.292. The van der Waals surface area contributed by atoms with E-state index in [0.29, 0.717) is 6.54 Å². The lowest BCUT2D eigenvalue weighted by molar-refractivity contribution is 0.201. The van der Waals surface area contributed by atoms with Crippen LogP contribution >= 0.6 is 0 Å². The van der Waals surface area contributed by atoms with E-state index in [2.05, 4.69) is 39.6 Å². The molecule has 0 fully saturated rings. The minimum Gasteiger partial charge on any atom is -0.211 e. The number of nitrogens with zero attached hydrogens (tertiary/aromatic N) is 1. The number of rotatable bonds is 4. The summed E-state index contributed by atoms with van der Waals surface area (Å²) < 4.78 is 0. The van der Waals surface area contributed by atoms with Crippen LogP contribution in [-0.2, 0) is 4.79 Å². The van der Waals surface area contributed by atoms with Crippen LogP contribution in [-0.4, -0.2) is 12.6 Å². The van der Waals surface area contributed by atoms with Crippen LogP contribution in [0.15, 0.2) is 4.99 Å². The second kappa shape index (κ2) is 4.57. The van der Waals surface area contributed by atoms with Gasteiger partial charge in [0.05, 0.1) is 6.54 Å². The molecule has 0 aliphatic heterocycles. The largest absolute Gasteiger partial charge is 0.234 e. The van der Waals surface area contributed by atoms with Crippen molar-refractivity contribution in [2.45, 2.75) is 40.5 Å². The maximum absolute atomic E-state index is 10.0. The van der Waals surface area contributed by atoms with E-state index < -0.39 is 0 Å². The van der Waals surface area contributed by atoms with Crippen LogP contribution in [0.25, 0.3) is 0 Å². The lowest BCUT2D eigenvalue weighted by atomic mass is 9.73. The van der Waals surface area contributed by atoms with Crippen molar-refractivity contribution >= 4 is 6.08 Å². The summed E-state index contributed by atoms with van der Waals surface area (Å²) in [7, 11) is 0. The van der Waals surface area contributed by atoms with Crippen molar-refractivity contribution in [2.24, 2.45) is 15.8 Å². The predicted octanol–water partition coefficient (Wildman–Crippen LogP) is 2.99. The molecule has 0 spiro atoms. The first-order valence-electron chi connectivity index (χ1n) is 4.66. The number of aliphatic imine (C=N–C) groups is 1. The second-order valence-electron chi connectivity index (χ2n) is 5.21. The van der Waals surface area contributed by atoms with Crippen molar-refractivity contribution in [1.29, 1.82) is 0 Å². The highest BCUT2D eigenvalue weighted by Gasteiger charge is 2.28. The standard InChI is InChI=1S/C11H20NO/c1-6-11(5,8-12-9-13)7-10(2,3)4/h1,6-8H2,2-5H3. The molecule has 0 N–H and O–H groups in total. The summed E-state index contributed by atoms with van der Waals surface area (Å²) in [6.45, 7) is 13.1. The topological polar surface area (TPSA) is 29.4 Å². The Morgan fingerprint density at radius 1 is 1.31 bits per heavy atom. The van der Waals surface area contributed by atoms with Crippen molar-refractivity contribution in [1.82, 2.24) is 0 Å². The number of hydrogen-bond acceptors (Lipinski definition) is 2. The molecular formula is C11H20NO. The zero-order valence-electron chi connectivity index (χ0n) is 9.18. The van der Waals surface area contributed by atoms with Gasteiger partial charge in [-0.05, 0) is 23.7 Å². The highest BCUT2D eigenvalue weighted by Crippen LogP contribution is 2.35. The summed E-state index contributed by atoms with van der Waals surface area (Å²) in [6.07, 6.45) is 3.41. The van der Waals surface area contributed by atoms with E-state index in [0.717, 1.165) is 12.8 Å². The van der Waals surface area contributed by atoms with Gasteiger partial charge in [0.25, 0.3) is 0 Å². The molecule has 0 aromatic heterocycles. The van der Waals surface area contributed by atoms with Crippen LogP contribution < -0.4 is 0 Å². The Balaban J connectivity index is 4.35. The molecule has 0 aromatic rings. The zero-order valence-corrected chi connectivity index (χ0v) is 9.18. The third kappa shape index (κ3) is 5.59. The van der Waals surface area contributed by atoms with Gasteiger partial charge in [-0.25, -0.2) is 9.79 Å². The van der Waals surface area contributed by atoms with E-state index in [-0.39, 0.29) is 10.8 Å². The molecule has 75 valence electrons. The molecule has 13 heavy (non-hydrogen) atoms. The molecular weight excluding hydrogens is 162 g/mol. The second-order valence-corrected chi connectivity index (χ2v) is 5.21. The Morgan fingerprint density at radius 3 is 2.15 bits per heavy atom. The van der Waals surface area contributed by atoms with E-state index >= 15 is 0 Å². The average Bonchev–Trinajstić information content (AvgIpc) is 1.98. The molecule has 0 heterocycles. The van der Waals surface area contributed by atoms with Gasteiger partial charge in [0.1, 0.15) is 0 Å². The van der Waals surface area contributed by atoms with Gasteiger partial charge in [0.15, 0.2) is 0 Å². The summed E-state index contributed by atoms with van der Waals surface area (Å²) in [5.74, 6) is 0. The van der Waals surface area contributed by atoms with Crippen LogP contribution in [0.5, 0.6) is 0 Å². The Kier molecular flexibility index (Phi) is 4.35. The number of isocyanates is 1. The summed E-state index contributed by atoms with van der Waals surface area (Å²) in [5, 5.41) is 0. The van der Waals surface area contributed by atoms with Crippen molar-refractivity contribution in [3.8, 4) is 0 Å². The van der Waals surface area contributed by atoms with Gasteiger partial charge in [0, 0.05) is 0 Å². The van der Waals surface area contributed by atoms with Gasteiger partial charge >= 0.3 is 0 Å². The Bertz CT molecular complexity index is 199. The SMILES string of the molecule is [CH2]CC(C)(CN=C=O)CC(C)(C)C. The van der Waals surface area contributed by atoms with Gasteiger partial charge in [-0.1, -0.05) is 34.6 Å². The third-order valence-corrected chi connectivity index (χ3v) is 2.09. The van der Waals surface area contributed by atoms with Crippen LogP contribution in [0.4, 0.5) is 0 Å². The van der Waals surface area contributed by atoms with E-state index in [1.54, 1.807) is 6.08 Å². The Labute approximate surface area is 81.4 Å². The molecule has 0 rings (SSSR count). The smallest absolute Gasteiger partial charge is 0.211 e. The first-order chi connectivity index (χ1) is 5.83. The van der Waals surface area contributed by atoms with Crippen molar-refractivity contribution in [2.75, 3.05) is 6.54 Å². The lowest BCUT2D eigenvalue weighted by Crippen LogP contribution is -2.26. The fourth-order valence-electron chi connectivity index (χ4n) is 1.73. The van der Waals surface area contributed by atoms with Gasteiger partial charge in [-0.2, -0.15) is 0 Å². The lowest BCUT2D eigenvalue weighted by Gasteiger charge is -2.33. The van der Waals surface area contributed by atoms with Gasteiger partial charge in [-0.3, -0.25) is 0 Å². The first kappa shape index (κ1) is 12.4. The highest BCUT2D eigenvalue weighted by atomic mass is 16.1. The van der Waals surface area contributed by atoms with Crippen molar-refractivity contribution in [3.05, 3.63) is 6.92 Å². The van der Waals surface area contributed by atoms with Crippen LogP contribution in [0.1, 0.15) is 40.5 Å². The maximum atomic E-state index is 10.0. The molecule has 0 saturated carbocycles. The van der Waals surface area contributed by atoms with Crippen LogP contribution in [0.3, 0.4) is 0 Å². The normalized spacial score (nSPS) is 16.1. The number of hydrogen-bond donors (Lipinski definition) is 0. The highest BCUT2D eigenvalue weighted by molar-refractivity contribution is 5.33. The molecule has 1 atom stereocenters. The quantitative estimate of drug-likeness (QED) is 0.485. The molecule has 0 aliphatic rings. The maximum Gasteiger partial charge on any atom is 0.234 e. The summed E-state index contributed by atoms with van der Waals surface area (Å²) >= 11 is 0. The molecule has 0 bridgehead atoms. The first-order valence-corrected chi connectivity index (χ1v) is 4.66. The van der Waals surface area contributed by atoms with E-state index in [1.165, 1.54) is 0 Å². The fraction of sp³-hybridized carbons (Fsp3) is 0.818. The minimum absolute atomic E-state index is 0.0374. The summed E-state index contributed by atoms with van der Waals surface area (Å²) in [6, 6.07) is 0. The van der Waals surface area contributed by atoms with Crippen LogP contribution in [0, 0.1) is 17.8 Å². The fourth-order valence-corrected chi connectivity index (χ4v) is 1.73. The molecule has 1 unspecified atom stereocenters. The van der Waals surface area contributed by atoms with Gasteiger partial charge in [-0.15, -0.1) is 0 Å². The predicted molar refractivity (Wildman–Crippen MR) is 55.1 cm³/mol. The Morgan fingerprint density at radius 2 is 1.85 bits per heavy atom. The minimum atomic E-state index is 0.0374. The molecule has 0 aromatic carbocycles. The average molecular weight is 182 g/mol.